The largest absolute Gasteiger partial charge is 0.355 e. The van der Waals surface area contributed by atoms with E-state index >= 15 is 0 Å². The molecule has 0 bridgehead atoms. The van der Waals surface area contributed by atoms with Crippen LogP contribution >= 0.6 is 0 Å². The van der Waals surface area contributed by atoms with Gasteiger partial charge in [0.15, 0.2) is 0 Å². The van der Waals surface area contributed by atoms with Gasteiger partial charge in [0, 0.05) is 31.5 Å². The molecule has 5 heteroatoms. The Morgan fingerprint density at radius 3 is 2.67 bits per heavy atom. The summed E-state index contributed by atoms with van der Waals surface area (Å²) >= 11 is 0. The SMILES string of the molecule is CCN1C[C@H](C(=O)NCC2(c3ccccc3F)CCCC2)CC1=O. The lowest BCUT2D eigenvalue weighted by atomic mass is 9.78. The van der Waals surface area contributed by atoms with Gasteiger partial charge in [-0.1, -0.05) is 31.0 Å². The van der Waals surface area contributed by atoms with Gasteiger partial charge in [0.25, 0.3) is 0 Å². The van der Waals surface area contributed by atoms with Crippen molar-refractivity contribution in [2.75, 3.05) is 19.6 Å². The fourth-order valence-corrected chi connectivity index (χ4v) is 4.14. The molecule has 0 radical (unpaired) electrons. The fraction of sp³-hybridized carbons (Fsp3) is 0.579. The van der Waals surface area contributed by atoms with E-state index in [1.807, 2.05) is 19.1 Å². The number of halogens is 1. The highest BCUT2D eigenvalue weighted by Gasteiger charge is 2.39. The molecule has 0 unspecified atom stereocenters. The summed E-state index contributed by atoms with van der Waals surface area (Å²) in [6.45, 7) is 3.50. The molecule has 4 nitrogen and oxygen atoms in total. The number of carbonyl (C=O) groups is 2. The zero-order chi connectivity index (χ0) is 17.2. The van der Waals surface area contributed by atoms with Gasteiger partial charge < -0.3 is 10.2 Å². The monoisotopic (exact) mass is 332 g/mol. The first-order chi connectivity index (χ1) is 11.6. The lowest BCUT2D eigenvalue weighted by Gasteiger charge is -2.30. The Bertz CT molecular complexity index is 626. The zero-order valence-electron chi connectivity index (χ0n) is 14.2. The van der Waals surface area contributed by atoms with Crippen LogP contribution in [0.5, 0.6) is 0 Å². The Balaban J connectivity index is 1.68. The van der Waals surface area contributed by atoms with Gasteiger partial charge in [0.2, 0.25) is 11.8 Å². The summed E-state index contributed by atoms with van der Waals surface area (Å²) in [6.07, 6.45) is 4.16. The van der Waals surface area contributed by atoms with Crippen LogP contribution in [0.25, 0.3) is 0 Å². The normalized spacial score (nSPS) is 22.8. The summed E-state index contributed by atoms with van der Waals surface area (Å²) in [7, 11) is 0. The molecule has 1 aliphatic heterocycles. The molecule has 130 valence electrons. The number of amides is 2. The van der Waals surface area contributed by atoms with Gasteiger partial charge in [0.1, 0.15) is 5.82 Å². The van der Waals surface area contributed by atoms with Crippen molar-refractivity contribution in [2.45, 2.75) is 44.4 Å². The minimum absolute atomic E-state index is 0.0438. The molecule has 2 fully saturated rings. The van der Waals surface area contributed by atoms with Crippen LogP contribution < -0.4 is 5.32 Å². The van der Waals surface area contributed by atoms with Crippen molar-refractivity contribution in [1.82, 2.24) is 10.2 Å². The van der Waals surface area contributed by atoms with E-state index in [1.165, 1.54) is 6.07 Å². The third kappa shape index (κ3) is 3.17. The summed E-state index contributed by atoms with van der Waals surface area (Å²) in [5.41, 5.74) is 0.397. The quantitative estimate of drug-likeness (QED) is 0.901. The molecule has 1 saturated carbocycles. The lowest BCUT2D eigenvalue weighted by molar-refractivity contribution is -0.128. The average Bonchev–Trinajstić information content (AvgIpc) is 3.20. The van der Waals surface area contributed by atoms with Gasteiger partial charge in [-0.05, 0) is 31.4 Å². The van der Waals surface area contributed by atoms with Crippen molar-refractivity contribution in [3.05, 3.63) is 35.6 Å². The number of hydrogen-bond donors (Lipinski definition) is 1. The van der Waals surface area contributed by atoms with Crippen LogP contribution in [0, 0.1) is 11.7 Å². The number of nitrogens with zero attached hydrogens (tertiary/aromatic N) is 1. The number of likely N-dealkylation sites (tertiary alicyclic amines) is 1. The Morgan fingerprint density at radius 1 is 1.33 bits per heavy atom. The lowest BCUT2D eigenvalue weighted by Crippen LogP contribution is -2.42. The number of carbonyl (C=O) groups excluding carboxylic acids is 2. The molecule has 2 amide bonds. The summed E-state index contributed by atoms with van der Waals surface area (Å²) in [4.78, 5) is 26.0. The van der Waals surface area contributed by atoms with E-state index in [4.69, 9.17) is 0 Å². The molecular weight excluding hydrogens is 307 g/mol. The second-order valence-corrected chi connectivity index (χ2v) is 7.02. The second-order valence-electron chi connectivity index (χ2n) is 7.02. The molecule has 1 N–H and O–H groups in total. The van der Waals surface area contributed by atoms with Crippen LogP contribution in [0.3, 0.4) is 0 Å². The third-order valence-electron chi connectivity index (χ3n) is 5.57. The van der Waals surface area contributed by atoms with Crippen LogP contribution in [-0.2, 0) is 15.0 Å². The molecule has 1 atom stereocenters. The van der Waals surface area contributed by atoms with E-state index in [0.29, 0.717) is 25.2 Å². The average molecular weight is 332 g/mol. The molecule has 1 saturated heterocycles. The Hall–Kier alpha value is -1.91. The Kier molecular flexibility index (Phi) is 4.88. The molecule has 0 spiro atoms. The maximum absolute atomic E-state index is 14.3. The fourth-order valence-electron chi connectivity index (χ4n) is 4.14. The van der Waals surface area contributed by atoms with Crippen LogP contribution in [0.2, 0.25) is 0 Å². The van der Waals surface area contributed by atoms with E-state index in [-0.39, 0.29) is 35.4 Å². The van der Waals surface area contributed by atoms with Gasteiger partial charge in [-0.25, -0.2) is 4.39 Å². The van der Waals surface area contributed by atoms with Crippen molar-refractivity contribution in [3.63, 3.8) is 0 Å². The van der Waals surface area contributed by atoms with E-state index in [0.717, 1.165) is 25.7 Å². The topological polar surface area (TPSA) is 49.4 Å². The maximum atomic E-state index is 14.3. The zero-order valence-corrected chi connectivity index (χ0v) is 14.2. The standard InChI is InChI=1S/C19H25FN2O2/c1-2-22-12-14(11-17(22)23)18(24)21-13-19(9-5-6-10-19)15-7-3-4-8-16(15)20/h3-4,7-8,14H,2,5-6,9-13H2,1H3,(H,21,24)/t14-/m1/s1. The van der Waals surface area contributed by atoms with Gasteiger partial charge in [-0.3, -0.25) is 9.59 Å². The van der Waals surface area contributed by atoms with Crippen molar-refractivity contribution >= 4 is 11.8 Å². The Morgan fingerprint density at radius 2 is 2.04 bits per heavy atom. The van der Waals surface area contributed by atoms with E-state index in [9.17, 15) is 14.0 Å². The third-order valence-corrected chi connectivity index (χ3v) is 5.57. The Labute approximate surface area is 142 Å². The molecule has 1 aromatic carbocycles. The van der Waals surface area contributed by atoms with Crippen molar-refractivity contribution < 1.29 is 14.0 Å². The first-order valence-corrected chi connectivity index (χ1v) is 8.86. The highest BCUT2D eigenvalue weighted by atomic mass is 19.1. The van der Waals surface area contributed by atoms with Gasteiger partial charge in [-0.15, -0.1) is 0 Å². The first-order valence-electron chi connectivity index (χ1n) is 8.86. The molecule has 24 heavy (non-hydrogen) atoms. The van der Waals surface area contributed by atoms with Crippen LogP contribution in [0.15, 0.2) is 24.3 Å². The predicted octanol–water partition coefficient (Wildman–Crippen LogP) is 2.62. The maximum Gasteiger partial charge on any atom is 0.225 e. The minimum atomic E-state index is -0.311. The van der Waals surface area contributed by atoms with Crippen LogP contribution in [-0.4, -0.2) is 36.3 Å². The van der Waals surface area contributed by atoms with E-state index < -0.39 is 0 Å². The minimum Gasteiger partial charge on any atom is -0.355 e. The van der Waals surface area contributed by atoms with Crippen LogP contribution in [0.4, 0.5) is 4.39 Å². The highest BCUT2D eigenvalue weighted by Crippen LogP contribution is 2.41. The second kappa shape index (κ2) is 6.91. The van der Waals surface area contributed by atoms with E-state index in [1.54, 1.807) is 11.0 Å². The number of hydrogen-bond acceptors (Lipinski definition) is 2. The van der Waals surface area contributed by atoms with Gasteiger partial charge in [-0.2, -0.15) is 0 Å². The van der Waals surface area contributed by atoms with E-state index in [2.05, 4.69) is 5.32 Å². The predicted molar refractivity (Wildman–Crippen MR) is 89.9 cm³/mol. The van der Waals surface area contributed by atoms with Gasteiger partial charge in [0.05, 0.1) is 5.92 Å². The molecule has 1 aliphatic carbocycles. The highest BCUT2D eigenvalue weighted by molar-refractivity contribution is 5.89. The summed E-state index contributed by atoms with van der Waals surface area (Å²) in [6, 6.07) is 6.88. The molecule has 1 heterocycles. The molecule has 3 rings (SSSR count). The first kappa shape index (κ1) is 16.9. The van der Waals surface area contributed by atoms with Crippen molar-refractivity contribution in [3.8, 4) is 0 Å². The molecule has 1 aromatic rings. The van der Waals surface area contributed by atoms with Gasteiger partial charge >= 0.3 is 0 Å². The molecule has 0 aromatic heterocycles. The number of benzene rings is 1. The summed E-state index contributed by atoms with van der Waals surface area (Å²) < 4.78 is 14.3. The van der Waals surface area contributed by atoms with Crippen molar-refractivity contribution in [2.24, 2.45) is 5.92 Å². The molecular formula is C19H25FN2O2. The number of nitrogens with one attached hydrogen (secondary N) is 1. The summed E-state index contributed by atoms with van der Waals surface area (Å²) in [5, 5.41) is 3.01. The smallest absolute Gasteiger partial charge is 0.225 e. The summed E-state index contributed by atoms with van der Waals surface area (Å²) in [5.74, 6) is -0.511. The van der Waals surface area contributed by atoms with Crippen LogP contribution in [0.1, 0.15) is 44.6 Å². The molecule has 2 aliphatic rings. The van der Waals surface area contributed by atoms with Crippen molar-refractivity contribution in [1.29, 1.82) is 0 Å². The number of rotatable bonds is 5.